The Morgan fingerprint density at radius 2 is 1.82 bits per heavy atom. The minimum Gasteiger partial charge on any atom is -0.337 e. The summed E-state index contributed by atoms with van der Waals surface area (Å²) in [6.45, 7) is 1.63. The van der Waals surface area contributed by atoms with E-state index in [1.807, 2.05) is 47.4 Å². The predicted molar refractivity (Wildman–Crippen MR) is 109 cm³/mol. The van der Waals surface area contributed by atoms with E-state index in [2.05, 4.69) is 27.3 Å². The van der Waals surface area contributed by atoms with Crippen LogP contribution < -0.4 is 5.73 Å². The second-order valence-electron chi connectivity index (χ2n) is 7.21. The van der Waals surface area contributed by atoms with Gasteiger partial charge in [0.25, 0.3) is 5.91 Å². The highest BCUT2D eigenvalue weighted by Gasteiger charge is 2.27. The molecule has 6 nitrogen and oxygen atoms in total. The number of aromatic nitrogens is 3. The van der Waals surface area contributed by atoms with Crippen LogP contribution in [0.1, 0.15) is 40.5 Å². The van der Waals surface area contributed by atoms with Crippen LogP contribution in [0.4, 0.5) is 0 Å². The summed E-state index contributed by atoms with van der Waals surface area (Å²) in [7, 11) is 0. The number of nitrogens with zero attached hydrogens (tertiary/aromatic N) is 3. The fourth-order valence-corrected chi connectivity index (χ4v) is 3.27. The molecule has 0 saturated heterocycles. The standard InChI is InChI=1S/C22H25N5O/c23-13-15-27(14-12-16-4-2-1-3-5-16)22(28)19-10-8-18(9-11-19)21-24-20(25-26-21)17-6-7-17/h1-5,8-11,17H,6-7,12-15,23H2,(H,24,25,26). The third-order valence-corrected chi connectivity index (χ3v) is 5.06. The molecule has 2 aromatic carbocycles. The molecule has 144 valence electrons. The smallest absolute Gasteiger partial charge is 0.253 e. The Hall–Kier alpha value is -2.99. The molecular formula is C22H25N5O. The number of carbonyl (C=O) groups excluding carboxylic acids is 1. The Kier molecular flexibility index (Phi) is 5.48. The van der Waals surface area contributed by atoms with E-state index in [0.717, 1.165) is 17.8 Å². The van der Waals surface area contributed by atoms with Gasteiger partial charge in [-0.2, -0.15) is 5.10 Å². The molecule has 1 aliphatic carbocycles. The molecule has 1 saturated carbocycles. The quantitative estimate of drug-likeness (QED) is 0.633. The summed E-state index contributed by atoms with van der Waals surface area (Å²) >= 11 is 0. The van der Waals surface area contributed by atoms with Crippen LogP contribution in [0.15, 0.2) is 54.6 Å². The van der Waals surface area contributed by atoms with Gasteiger partial charge in [-0.1, -0.05) is 42.5 Å². The van der Waals surface area contributed by atoms with Gasteiger partial charge in [0, 0.05) is 36.7 Å². The van der Waals surface area contributed by atoms with Crippen molar-refractivity contribution in [2.24, 2.45) is 5.73 Å². The molecule has 1 amide bonds. The molecule has 0 radical (unpaired) electrons. The van der Waals surface area contributed by atoms with Gasteiger partial charge in [0.1, 0.15) is 5.82 Å². The largest absolute Gasteiger partial charge is 0.337 e. The molecule has 1 heterocycles. The molecule has 0 bridgehead atoms. The molecule has 1 aromatic heterocycles. The van der Waals surface area contributed by atoms with Crippen LogP contribution in [0.25, 0.3) is 11.4 Å². The highest BCUT2D eigenvalue weighted by molar-refractivity contribution is 5.94. The van der Waals surface area contributed by atoms with Crippen LogP contribution in [0.5, 0.6) is 0 Å². The van der Waals surface area contributed by atoms with E-state index in [0.29, 0.717) is 36.9 Å². The third kappa shape index (κ3) is 4.28. The predicted octanol–water partition coefficient (Wildman–Crippen LogP) is 2.99. The summed E-state index contributed by atoms with van der Waals surface area (Å²) < 4.78 is 0. The number of rotatable bonds is 8. The summed E-state index contributed by atoms with van der Waals surface area (Å²) in [4.78, 5) is 19.3. The fourth-order valence-electron chi connectivity index (χ4n) is 3.27. The van der Waals surface area contributed by atoms with E-state index in [9.17, 15) is 4.79 Å². The van der Waals surface area contributed by atoms with Crippen LogP contribution in [0, 0.1) is 0 Å². The number of H-pyrrole nitrogens is 1. The maximum absolute atomic E-state index is 12.9. The van der Waals surface area contributed by atoms with Crippen molar-refractivity contribution in [2.75, 3.05) is 19.6 Å². The Labute approximate surface area is 164 Å². The number of nitrogens with two attached hydrogens (primary N) is 1. The fraction of sp³-hybridized carbons (Fsp3) is 0.318. The van der Waals surface area contributed by atoms with Crippen molar-refractivity contribution >= 4 is 5.91 Å². The average molecular weight is 375 g/mol. The van der Waals surface area contributed by atoms with Crippen LogP contribution in [0.3, 0.4) is 0 Å². The van der Waals surface area contributed by atoms with E-state index in [1.165, 1.54) is 18.4 Å². The van der Waals surface area contributed by atoms with Crippen LogP contribution in [-0.2, 0) is 6.42 Å². The van der Waals surface area contributed by atoms with Gasteiger partial charge in [0.15, 0.2) is 5.82 Å². The molecule has 1 aliphatic rings. The minimum atomic E-state index is 0.00147. The molecule has 0 atom stereocenters. The minimum absolute atomic E-state index is 0.00147. The van der Waals surface area contributed by atoms with E-state index in [4.69, 9.17) is 5.73 Å². The van der Waals surface area contributed by atoms with Gasteiger partial charge in [-0.25, -0.2) is 4.98 Å². The maximum atomic E-state index is 12.9. The lowest BCUT2D eigenvalue weighted by atomic mass is 10.1. The zero-order chi connectivity index (χ0) is 19.3. The van der Waals surface area contributed by atoms with Crippen LogP contribution in [0.2, 0.25) is 0 Å². The summed E-state index contributed by atoms with van der Waals surface area (Å²) in [6.07, 6.45) is 3.18. The van der Waals surface area contributed by atoms with Gasteiger partial charge in [-0.3, -0.25) is 9.89 Å². The molecule has 0 aliphatic heterocycles. The number of amides is 1. The summed E-state index contributed by atoms with van der Waals surface area (Å²) in [5, 5.41) is 7.32. The first-order valence-corrected chi connectivity index (χ1v) is 9.80. The lowest BCUT2D eigenvalue weighted by Gasteiger charge is -2.22. The molecule has 4 rings (SSSR count). The summed E-state index contributed by atoms with van der Waals surface area (Å²) in [6, 6.07) is 17.7. The molecule has 0 spiro atoms. The van der Waals surface area contributed by atoms with Gasteiger partial charge in [0.05, 0.1) is 0 Å². The number of aromatic amines is 1. The first-order chi connectivity index (χ1) is 13.7. The number of benzene rings is 2. The zero-order valence-corrected chi connectivity index (χ0v) is 15.8. The van der Waals surface area contributed by atoms with E-state index in [-0.39, 0.29) is 5.91 Å². The van der Waals surface area contributed by atoms with Crippen molar-refractivity contribution in [1.82, 2.24) is 20.1 Å². The average Bonchev–Trinajstić information content (AvgIpc) is 3.48. The lowest BCUT2D eigenvalue weighted by molar-refractivity contribution is 0.0762. The van der Waals surface area contributed by atoms with E-state index < -0.39 is 0 Å². The van der Waals surface area contributed by atoms with Crippen molar-refractivity contribution in [2.45, 2.75) is 25.2 Å². The molecule has 28 heavy (non-hydrogen) atoms. The number of carbonyl (C=O) groups is 1. The first kappa shape index (κ1) is 18.4. The van der Waals surface area contributed by atoms with Crippen molar-refractivity contribution in [3.05, 3.63) is 71.5 Å². The lowest BCUT2D eigenvalue weighted by Crippen LogP contribution is -2.36. The van der Waals surface area contributed by atoms with Crippen molar-refractivity contribution < 1.29 is 4.79 Å². The second-order valence-corrected chi connectivity index (χ2v) is 7.21. The Balaban J connectivity index is 1.43. The van der Waals surface area contributed by atoms with E-state index >= 15 is 0 Å². The van der Waals surface area contributed by atoms with Gasteiger partial charge in [-0.15, -0.1) is 0 Å². The molecule has 1 fully saturated rings. The topological polar surface area (TPSA) is 87.9 Å². The van der Waals surface area contributed by atoms with Crippen molar-refractivity contribution in [1.29, 1.82) is 0 Å². The van der Waals surface area contributed by atoms with Crippen molar-refractivity contribution in [3.63, 3.8) is 0 Å². The summed E-state index contributed by atoms with van der Waals surface area (Å²) in [5.74, 6) is 2.19. The SMILES string of the molecule is NCCN(CCc1ccccc1)C(=O)c1ccc(-c2n[nH]c(C3CC3)n2)cc1. The van der Waals surface area contributed by atoms with Gasteiger partial charge in [-0.05, 0) is 37.0 Å². The third-order valence-electron chi connectivity index (χ3n) is 5.06. The Morgan fingerprint density at radius 1 is 1.07 bits per heavy atom. The Morgan fingerprint density at radius 3 is 2.50 bits per heavy atom. The molecular weight excluding hydrogens is 350 g/mol. The van der Waals surface area contributed by atoms with Crippen LogP contribution >= 0.6 is 0 Å². The van der Waals surface area contributed by atoms with Gasteiger partial charge in [0.2, 0.25) is 0 Å². The number of hydrogen-bond donors (Lipinski definition) is 2. The first-order valence-electron chi connectivity index (χ1n) is 9.80. The number of nitrogens with one attached hydrogen (secondary N) is 1. The van der Waals surface area contributed by atoms with Gasteiger partial charge >= 0.3 is 0 Å². The number of hydrogen-bond acceptors (Lipinski definition) is 4. The molecule has 3 aromatic rings. The molecule has 0 unspecified atom stereocenters. The van der Waals surface area contributed by atoms with E-state index in [1.54, 1.807) is 0 Å². The van der Waals surface area contributed by atoms with Gasteiger partial charge < -0.3 is 10.6 Å². The van der Waals surface area contributed by atoms with Crippen molar-refractivity contribution in [3.8, 4) is 11.4 Å². The summed E-state index contributed by atoms with van der Waals surface area (Å²) in [5.41, 5.74) is 8.51. The normalized spacial score (nSPS) is 13.5. The maximum Gasteiger partial charge on any atom is 0.253 e. The second kappa shape index (κ2) is 8.35. The highest BCUT2D eigenvalue weighted by atomic mass is 16.2. The Bertz CT molecular complexity index is 916. The van der Waals surface area contributed by atoms with Crippen LogP contribution in [-0.4, -0.2) is 45.6 Å². The molecule has 3 N–H and O–H groups in total. The zero-order valence-electron chi connectivity index (χ0n) is 15.8. The monoisotopic (exact) mass is 375 g/mol. The molecule has 6 heteroatoms. The highest BCUT2D eigenvalue weighted by Crippen LogP contribution is 2.38.